The summed E-state index contributed by atoms with van der Waals surface area (Å²) in [5, 5.41) is 5.08. The van der Waals surface area contributed by atoms with Gasteiger partial charge in [-0.1, -0.05) is 11.8 Å². The predicted molar refractivity (Wildman–Crippen MR) is 86.0 cm³/mol. The van der Waals surface area contributed by atoms with Gasteiger partial charge in [-0.05, 0) is 40.0 Å². The van der Waals surface area contributed by atoms with Gasteiger partial charge in [-0.25, -0.2) is 14.8 Å². The van der Waals surface area contributed by atoms with E-state index in [4.69, 9.17) is 4.74 Å². The largest absolute Gasteiger partial charge is 0.461 e. The Labute approximate surface area is 134 Å². The molecule has 2 rings (SSSR count). The molecule has 0 saturated heterocycles. The molecule has 0 aliphatic carbocycles. The van der Waals surface area contributed by atoms with Gasteiger partial charge in [-0.2, -0.15) is 5.10 Å². The van der Waals surface area contributed by atoms with Crippen molar-refractivity contribution in [2.45, 2.75) is 38.4 Å². The van der Waals surface area contributed by atoms with E-state index in [0.717, 1.165) is 11.4 Å². The molecule has 0 aliphatic rings. The van der Waals surface area contributed by atoms with E-state index in [2.05, 4.69) is 15.1 Å². The number of carbonyl (C=O) groups is 1. The van der Waals surface area contributed by atoms with Crippen molar-refractivity contribution < 1.29 is 9.53 Å². The van der Waals surface area contributed by atoms with Crippen LogP contribution >= 0.6 is 11.8 Å². The third-order valence-electron chi connectivity index (χ3n) is 2.91. The smallest absolute Gasteiger partial charge is 0.358 e. The Bertz CT molecular complexity index is 676. The molecule has 2 heterocycles. The van der Waals surface area contributed by atoms with Crippen LogP contribution in [0.2, 0.25) is 0 Å². The van der Waals surface area contributed by atoms with Crippen LogP contribution in [0.3, 0.4) is 0 Å². The van der Waals surface area contributed by atoms with Gasteiger partial charge >= 0.3 is 5.97 Å². The monoisotopic (exact) mass is 320 g/mol. The topological polar surface area (TPSA) is 69.9 Å². The maximum absolute atomic E-state index is 12.0. The van der Waals surface area contributed by atoms with Crippen LogP contribution in [-0.4, -0.2) is 38.6 Å². The maximum atomic E-state index is 12.0. The fraction of sp³-hybridized carbons (Fsp3) is 0.467. The van der Waals surface area contributed by atoms with E-state index in [1.54, 1.807) is 23.9 Å². The second-order valence-corrected chi connectivity index (χ2v) is 6.42. The van der Waals surface area contributed by atoms with E-state index in [9.17, 15) is 4.79 Å². The zero-order valence-corrected chi connectivity index (χ0v) is 14.3. The van der Waals surface area contributed by atoms with Crippen LogP contribution in [0.4, 0.5) is 0 Å². The molecule has 0 fully saturated rings. The number of thioether (sulfide) groups is 1. The number of nitrogens with zero attached hydrogens (tertiary/aromatic N) is 4. The Morgan fingerprint density at radius 3 is 2.73 bits per heavy atom. The van der Waals surface area contributed by atoms with Crippen molar-refractivity contribution in [3.63, 3.8) is 0 Å². The molecular weight excluding hydrogens is 300 g/mol. The van der Waals surface area contributed by atoms with Gasteiger partial charge in [-0.15, -0.1) is 0 Å². The Morgan fingerprint density at radius 1 is 1.41 bits per heavy atom. The van der Waals surface area contributed by atoms with Gasteiger partial charge in [-0.3, -0.25) is 4.68 Å². The van der Waals surface area contributed by atoms with Crippen molar-refractivity contribution >= 4 is 17.7 Å². The first kappa shape index (κ1) is 16.5. The number of carbonyl (C=O) groups excluding carboxylic acids is 1. The van der Waals surface area contributed by atoms with E-state index in [0.29, 0.717) is 11.8 Å². The SMILES string of the molecule is CCOC(=O)c1cc(-c2ccnc(SC)n2)n(C(C)(C)C)n1. The maximum Gasteiger partial charge on any atom is 0.358 e. The molecule has 0 amide bonds. The van der Waals surface area contributed by atoms with Crippen LogP contribution < -0.4 is 0 Å². The number of esters is 1. The standard InChI is InChI=1S/C15H20N4O2S/c1-6-21-13(20)11-9-12(19(18-11)15(2,3)4)10-7-8-16-14(17-10)22-5/h7-9H,6H2,1-5H3. The van der Waals surface area contributed by atoms with Crippen molar-refractivity contribution in [2.75, 3.05) is 12.9 Å². The first-order valence-electron chi connectivity index (χ1n) is 7.02. The number of hydrogen-bond acceptors (Lipinski definition) is 6. The van der Waals surface area contributed by atoms with Crippen molar-refractivity contribution in [2.24, 2.45) is 0 Å². The van der Waals surface area contributed by atoms with Crippen LogP contribution in [0, 0.1) is 0 Å². The van der Waals surface area contributed by atoms with Crippen molar-refractivity contribution in [3.8, 4) is 11.4 Å². The Morgan fingerprint density at radius 2 is 2.14 bits per heavy atom. The highest BCUT2D eigenvalue weighted by atomic mass is 32.2. The van der Waals surface area contributed by atoms with Gasteiger partial charge in [0, 0.05) is 12.3 Å². The quantitative estimate of drug-likeness (QED) is 0.490. The number of ether oxygens (including phenoxy) is 1. The molecule has 0 atom stereocenters. The highest BCUT2D eigenvalue weighted by Gasteiger charge is 2.24. The van der Waals surface area contributed by atoms with E-state index in [-0.39, 0.29) is 11.2 Å². The molecule has 0 spiro atoms. The van der Waals surface area contributed by atoms with Gasteiger partial charge in [0.25, 0.3) is 0 Å². The molecule has 2 aromatic rings. The molecule has 0 bridgehead atoms. The minimum Gasteiger partial charge on any atom is -0.461 e. The van der Waals surface area contributed by atoms with Crippen LogP contribution in [0.15, 0.2) is 23.5 Å². The summed E-state index contributed by atoms with van der Waals surface area (Å²) in [6, 6.07) is 3.53. The molecule has 0 N–H and O–H groups in total. The lowest BCUT2D eigenvalue weighted by atomic mass is 10.1. The third-order valence-corrected chi connectivity index (χ3v) is 3.47. The normalized spacial score (nSPS) is 11.5. The van der Waals surface area contributed by atoms with Gasteiger partial charge in [0.05, 0.1) is 23.5 Å². The number of aromatic nitrogens is 4. The average Bonchev–Trinajstić information content (AvgIpc) is 2.93. The van der Waals surface area contributed by atoms with Crippen molar-refractivity contribution in [3.05, 3.63) is 24.0 Å². The van der Waals surface area contributed by atoms with Crippen molar-refractivity contribution in [1.82, 2.24) is 19.7 Å². The van der Waals surface area contributed by atoms with Gasteiger partial charge in [0.2, 0.25) is 0 Å². The minimum atomic E-state index is -0.425. The summed E-state index contributed by atoms with van der Waals surface area (Å²) < 4.78 is 6.84. The van der Waals surface area contributed by atoms with Gasteiger partial charge in [0.15, 0.2) is 10.9 Å². The summed E-state index contributed by atoms with van der Waals surface area (Å²) in [5.41, 5.74) is 1.51. The lowest BCUT2D eigenvalue weighted by Gasteiger charge is -2.22. The second-order valence-electron chi connectivity index (χ2n) is 5.65. The van der Waals surface area contributed by atoms with E-state index in [1.807, 2.05) is 33.1 Å². The number of rotatable bonds is 4. The van der Waals surface area contributed by atoms with Crippen LogP contribution in [-0.2, 0) is 10.3 Å². The van der Waals surface area contributed by atoms with E-state index < -0.39 is 5.97 Å². The molecule has 0 unspecified atom stereocenters. The summed E-state index contributed by atoms with van der Waals surface area (Å²) in [5.74, 6) is -0.425. The molecule has 0 aromatic carbocycles. The molecule has 22 heavy (non-hydrogen) atoms. The second kappa shape index (κ2) is 6.48. The van der Waals surface area contributed by atoms with Crippen molar-refractivity contribution in [1.29, 1.82) is 0 Å². The Hall–Kier alpha value is -1.89. The van der Waals surface area contributed by atoms with Crippen LogP contribution in [0.5, 0.6) is 0 Å². The van der Waals surface area contributed by atoms with Gasteiger partial charge in [0.1, 0.15) is 0 Å². The minimum absolute atomic E-state index is 0.287. The van der Waals surface area contributed by atoms with E-state index >= 15 is 0 Å². The fourth-order valence-electron chi connectivity index (χ4n) is 1.96. The van der Waals surface area contributed by atoms with Crippen LogP contribution in [0.1, 0.15) is 38.2 Å². The molecule has 7 heteroatoms. The molecule has 6 nitrogen and oxygen atoms in total. The summed E-state index contributed by atoms with van der Waals surface area (Å²) in [6.45, 7) is 8.16. The highest BCUT2D eigenvalue weighted by molar-refractivity contribution is 7.98. The first-order chi connectivity index (χ1) is 10.4. The molecular formula is C15H20N4O2S. The zero-order valence-electron chi connectivity index (χ0n) is 13.5. The predicted octanol–water partition coefficient (Wildman–Crippen LogP) is 2.99. The molecule has 0 aliphatic heterocycles. The lowest BCUT2D eigenvalue weighted by Crippen LogP contribution is -2.24. The van der Waals surface area contributed by atoms with Crippen LogP contribution in [0.25, 0.3) is 11.4 Å². The molecule has 118 valence electrons. The average molecular weight is 320 g/mol. The summed E-state index contributed by atoms with van der Waals surface area (Å²) in [7, 11) is 0. The Balaban J connectivity index is 2.55. The molecule has 0 saturated carbocycles. The first-order valence-corrected chi connectivity index (χ1v) is 8.24. The summed E-state index contributed by atoms with van der Waals surface area (Å²) >= 11 is 1.47. The zero-order chi connectivity index (χ0) is 16.3. The Kier molecular flexibility index (Phi) is 4.85. The lowest BCUT2D eigenvalue weighted by molar-refractivity contribution is 0.0517. The fourth-order valence-corrected chi connectivity index (χ4v) is 2.32. The van der Waals surface area contributed by atoms with E-state index in [1.165, 1.54) is 11.8 Å². The summed E-state index contributed by atoms with van der Waals surface area (Å²) in [4.78, 5) is 20.6. The molecule has 2 aromatic heterocycles. The highest BCUT2D eigenvalue weighted by Crippen LogP contribution is 2.26. The summed E-state index contributed by atoms with van der Waals surface area (Å²) in [6.07, 6.45) is 3.63. The third kappa shape index (κ3) is 3.47. The molecule has 0 radical (unpaired) electrons. The van der Waals surface area contributed by atoms with Gasteiger partial charge < -0.3 is 4.74 Å². The number of hydrogen-bond donors (Lipinski definition) is 0.